The predicted molar refractivity (Wildman–Crippen MR) is 142 cm³/mol. The smallest absolute Gasteiger partial charge is 0.303 e. The summed E-state index contributed by atoms with van der Waals surface area (Å²) in [4.78, 5) is 29.3. The average molecular weight is 511 g/mol. The molecule has 0 aliphatic carbocycles. The molecule has 1 amide bonds. The summed E-state index contributed by atoms with van der Waals surface area (Å²) in [5, 5.41) is 10.0. The van der Waals surface area contributed by atoms with Gasteiger partial charge in [0.25, 0.3) is 15.9 Å². The Hall–Kier alpha value is -4.56. The number of amides is 1. The molecular weight excluding hydrogens is 488 g/mol. The molecule has 0 unspecified atom stereocenters. The monoisotopic (exact) mass is 510 g/mol. The Labute approximate surface area is 213 Å². The van der Waals surface area contributed by atoms with E-state index < -0.39 is 21.9 Å². The lowest BCUT2D eigenvalue weighted by Crippen LogP contribution is -2.31. The molecule has 8 heteroatoms. The van der Waals surface area contributed by atoms with Crippen molar-refractivity contribution in [2.24, 2.45) is 0 Å². The molecule has 7 nitrogen and oxygen atoms in total. The SMILES string of the molecule is O=C(O)CCc1ccc(-c2cccc3nc4ccccc4c(C(=O)NS(=O)(=O)c4ccccc4)c23)cc1. The number of aromatic nitrogens is 1. The second-order valence-electron chi connectivity index (χ2n) is 8.54. The van der Waals surface area contributed by atoms with Crippen LogP contribution in [0.5, 0.6) is 0 Å². The highest BCUT2D eigenvalue weighted by Gasteiger charge is 2.24. The van der Waals surface area contributed by atoms with Crippen molar-refractivity contribution in [3.63, 3.8) is 0 Å². The second kappa shape index (κ2) is 9.83. The number of aliphatic carboxylic acids is 1. The van der Waals surface area contributed by atoms with Crippen LogP contribution in [0.2, 0.25) is 0 Å². The number of hydrogen-bond acceptors (Lipinski definition) is 5. The number of para-hydroxylation sites is 1. The summed E-state index contributed by atoms with van der Waals surface area (Å²) in [7, 11) is -4.11. The zero-order valence-electron chi connectivity index (χ0n) is 19.6. The van der Waals surface area contributed by atoms with Crippen molar-refractivity contribution in [2.75, 3.05) is 0 Å². The van der Waals surface area contributed by atoms with E-state index in [9.17, 15) is 18.0 Å². The highest BCUT2D eigenvalue weighted by Crippen LogP contribution is 2.34. The largest absolute Gasteiger partial charge is 0.481 e. The number of nitrogens with one attached hydrogen (secondary N) is 1. The third kappa shape index (κ3) is 4.92. The Balaban J connectivity index is 1.67. The first kappa shape index (κ1) is 24.1. The molecule has 0 saturated carbocycles. The standard InChI is InChI=1S/C29H22N2O5S/c32-26(33)18-15-19-13-16-20(17-14-19)22-10-6-12-25-27(22)28(23-9-4-5-11-24(23)30-25)29(34)31-37(35,36)21-7-2-1-3-8-21/h1-14,16-17H,15,18H2,(H,31,34)(H,32,33). The molecule has 1 heterocycles. The van der Waals surface area contributed by atoms with Gasteiger partial charge in [0, 0.05) is 17.2 Å². The number of nitrogens with zero attached hydrogens (tertiary/aromatic N) is 1. The van der Waals surface area contributed by atoms with E-state index in [0.717, 1.165) is 11.1 Å². The Morgan fingerprint density at radius 3 is 2.19 bits per heavy atom. The number of hydrogen-bond donors (Lipinski definition) is 2. The zero-order chi connectivity index (χ0) is 26.0. The minimum Gasteiger partial charge on any atom is -0.481 e. The molecule has 0 fully saturated rings. The van der Waals surface area contributed by atoms with Crippen LogP contribution in [0.4, 0.5) is 0 Å². The molecule has 1 aromatic heterocycles. The minimum atomic E-state index is -4.11. The highest BCUT2D eigenvalue weighted by molar-refractivity contribution is 7.90. The number of carboxylic acids is 1. The van der Waals surface area contributed by atoms with Gasteiger partial charge in [-0.2, -0.15) is 0 Å². The van der Waals surface area contributed by atoms with Gasteiger partial charge in [0.2, 0.25) is 0 Å². The Kier molecular flexibility index (Phi) is 6.42. The lowest BCUT2D eigenvalue weighted by Gasteiger charge is -2.15. The first-order chi connectivity index (χ1) is 17.8. The van der Waals surface area contributed by atoms with Gasteiger partial charge in [-0.15, -0.1) is 0 Å². The van der Waals surface area contributed by atoms with Crippen LogP contribution in [0.25, 0.3) is 32.9 Å². The number of benzene rings is 4. The molecular formula is C29H22N2O5S. The van der Waals surface area contributed by atoms with Crippen LogP contribution in [0.1, 0.15) is 22.3 Å². The average Bonchev–Trinajstić information content (AvgIpc) is 2.90. The van der Waals surface area contributed by atoms with Gasteiger partial charge in [-0.25, -0.2) is 18.1 Å². The van der Waals surface area contributed by atoms with Crippen LogP contribution in [0.15, 0.2) is 102 Å². The van der Waals surface area contributed by atoms with Gasteiger partial charge in [0.15, 0.2) is 0 Å². The summed E-state index contributed by atoms with van der Waals surface area (Å²) in [6, 6.07) is 27.8. The molecule has 0 aliphatic heterocycles. The first-order valence-electron chi connectivity index (χ1n) is 11.6. The number of carbonyl (C=O) groups is 2. The summed E-state index contributed by atoms with van der Waals surface area (Å²) in [6.45, 7) is 0. The van der Waals surface area contributed by atoms with Crippen LogP contribution in [0.3, 0.4) is 0 Å². The minimum absolute atomic E-state index is 0.0109. The molecule has 2 N–H and O–H groups in total. The fourth-order valence-corrected chi connectivity index (χ4v) is 5.33. The fourth-order valence-electron chi connectivity index (χ4n) is 4.35. The summed E-state index contributed by atoms with van der Waals surface area (Å²) in [6.07, 6.45) is 0.437. The Morgan fingerprint density at radius 2 is 1.46 bits per heavy atom. The molecule has 37 heavy (non-hydrogen) atoms. The number of sulfonamides is 1. The Bertz CT molecular complexity index is 1750. The van der Waals surface area contributed by atoms with Crippen molar-refractivity contribution in [3.8, 4) is 11.1 Å². The number of rotatable bonds is 7. The zero-order valence-corrected chi connectivity index (χ0v) is 20.4. The maximum Gasteiger partial charge on any atom is 0.303 e. The van der Waals surface area contributed by atoms with Gasteiger partial charge in [-0.05, 0) is 47.4 Å². The molecule has 5 aromatic rings. The quantitative estimate of drug-likeness (QED) is 0.291. The second-order valence-corrected chi connectivity index (χ2v) is 10.2. The van der Waals surface area contributed by atoms with Crippen molar-refractivity contribution >= 4 is 43.7 Å². The lowest BCUT2D eigenvalue weighted by atomic mass is 9.93. The van der Waals surface area contributed by atoms with Gasteiger partial charge in [0.05, 0.1) is 21.5 Å². The van der Waals surface area contributed by atoms with Crippen LogP contribution in [-0.4, -0.2) is 30.4 Å². The van der Waals surface area contributed by atoms with Crippen molar-refractivity contribution in [1.29, 1.82) is 0 Å². The maximum absolute atomic E-state index is 13.7. The van der Waals surface area contributed by atoms with E-state index in [-0.39, 0.29) is 16.9 Å². The van der Waals surface area contributed by atoms with E-state index >= 15 is 0 Å². The molecule has 4 aromatic carbocycles. The van der Waals surface area contributed by atoms with Crippen molar-refractivity contribution < 1.29 is 23.1 Å². The number of fused-ring (bicyclic) bond motifs is 2. The van der Waals surface area contributed by atoms with E-state index in [0.29, 0.717) is 33.8 Å². The van der Waals surface area contributed by atoms with Gasteiger partial charge in [0.1, 0.15) is 0 Å². The van der Waals surface area contributed by atoms with E-state index in [4.69, 9.17) is 10.1 Å². The van der Waals surface area contributed by atoms with E-state index in [1.807, 2.05) is 42.5 Å². The van der Waals surface area contributed by atoms with Crippen LogP contribution < -0.4 is 4.72 Å². The molecule has 0 radical (unpaired) electrons. The number of carboxylic acid groups (broad SMARTS) is 1. The van der Waals surface area contributed by atoms with Crippen molar-refractivity contribution in [1.82, 2.24) is 9.71 Å². The summed E-state index contributed by atoms with van der Waals surface area (Å²) < 4.78 is 28.2. The molecule has 5 rings (SSSR count). The van der Waals surface area contributed by atoms with Gasteiger partial charge in [-0.3, -0.25) is 9.59 Å². The van der Waals surface area contributed by atoms with Crippen LogP contribution in [-0.2, 0) is 21.2 Å². The molecule has 184 valence electrons. The third-order valence-electron chi connectivity index (χ3n) is 6.11. The number of aryl methyl sites for hydroxylation is 1. The third-order valence-corrected chi connectivity index (χ3v) is 7.45. The van der Waals surface area contributed by atoms with Crippen LogP contribution >= 0.6 is 0 Å². The van der Waals surface area contributed by atoms with E-state index in [1.165, 1.54) is 12.1 Å². The first-order valence-corrected chi connectivity index (χ1v) is 13.1. The molecule has 0 atom stereocenters. The predicted octanol–water partition coefficient (Wildman–Crippen LogP) is 5.19. The number of pyridine rings is 1. The van der Waals surface area contributed by atoms with Gasteiger partial charge >= 0.3 is 5.97 Å². The van der Waals surface area contributed by atoms with Crippen LogP contribution in [0, 0.1) is 0 Å². The lowest BCUT2D eigenvalue weighted by molar-refractivity contribution is -0.136. The van der Waals surface area contributed by atoms with E-state index in [2.05, 4.69) is 4.72 Å². The molecule has 0 spiro atoms. The van der Waals surface area contributed by atoms with E-state index in [1.54, 1.807) is 42.5 Å². The van der Waals surface area contributed by atoms with Crippen molar-refractivity contribution in [2.45, 2.75) is 17.7 Å². The van der Waals surface area contributed by atoms with Crippen molar-refractivity contribution in [3.05, 3.63) is 108 Å². The topological polar surface area (TPSA) is 113 Å². The highest BCUT2D eigenvalue weighted by atomic mass is 32.2. The summed E-state index contributed by atoms with van der Waals surface area (Å²) in [5.74, 6) is -1.62. The molecule has 0 saturated heterocycles. The fraction of sp³-hybridized carbons (Fsp3) is 0.0690. The molecule has 0 aliphatic rings. The van der Waals surface area contributed by atoms with Gasteiger partial charge < -0.3 is 5.11 Å². The summed E-state index contributed by atoms with van der Waals surface area (Å²) >= 11 is 0. The Morgan fingerprint density at radius 1 is 0.784 bits per heavy atom. The summed E-state index contributed by atoms with van der Waals surface area (Å²) in [5.41, 5.74) is 3.71. The normalized spacial score (nSPS) is 11.5. The van der Waals surface area contributed by atoms with Gasteiger partial charge in [-0.1, -0.05) is 72.8 Å². The number of carbonyl (C=O) groups excluding carboxylic acids is 1. The maximum atomic E-state index is 13.7. The molecule has 0 bridgehead atoms.